The SMILES string of the molecule is COc1cc([C@@H](O)C[C@H](N)C(F)(F)F)cc(OC)c1O. The number of phenols is 1. The normalized spacial score (nSPS) is 14.8. The molecule has 8 heteroatoms. The Labute approximate surface area is 113 Å². The van der Waals surface area contributed by atoms with Gasteiger partial charge in [0.05, 0.1) is 20.3 Å². The van der Waals surface area contributed by atoms with E-state index in [1.54, 1.807) is 0 Å². The van der Waals surface area contributed by atoms with E-state index in [4.69, 9.17) is 15.2 Å². The van der Waals surface area contributed by atoms with E-state index in [0.29, 0.717) is 0 Å². The van der Waals surface area contributed by atoms with Crippen molar-refractivity contribution in [3.05, 3.63) is 17.7 Å². The van der Waals surface area contributed by atoms with Gasteiger partial charge in [-0.15, -0.1) is 0 Å². The second-order valence-electron chi connectivity index (χ2n) is 4.17. The Bertz CT molecular complexity index is 440. The van der Waals surface area contributed by atoms with E-state index in [1.165, 1.54) is 26.4 Å². The van der Waals surface area contributed by atoms with Crippen LogP contribution in [-0.4, -0.2) is 36.7 Å². The van der Waals surface area contributed by atoms with Gasteiger partial charge in [0, 0.05) is 6.42 Å². The number of ether oxygens (including phenoxy) is 2. The van der Waals surface area contributed by atoms with Crippen LogP contribution in [0.25, 0.3) is 0 Å². The van der Waals surface area contributed by atoms with E-state index in [9.17, 15) is 23.4 Å². The quantitative estimate of drug-likeness (QED) is 0.770. The molecule has 1 rings (SSSR count). The first-order valence-corrected chi connectivity index (χ1v) is 5.66. The van der Waals surface area contributed by atoms with Gasteiger partial charge in [0.25, 0.3) is 0 Å². The van der Waals surface area contributed by atoms with Crippen molar-refractivity contribution in [1.82, 2.24) is 0 Å². The number of aliphatic hydroxyl groups excluding tert-OH is 1. The summed E-state index contributed by atoms with van der Waals surface area (Å²) in [5, 5.41) is 19.5. The number of methoxy groups -OCH3 is 2. The number of benzene rings is 1. The first kappa shape index (κ1) is 16.4. The smallest absolute Gasteiger partial charge is 0.403 e. The van der Waals surface area contributed by atoms with Gasteiger partial charge >= 0.3 is 6.18 Å². The van der Waals surface area contributed by atoms with E-state index in [1.807, 2.05) is 0 Å². The van der Waals surface area contributed by atoms with Gasteiger partial charge in [0.1, 0.15) is 6.04 Å². The molecule has 114 valence electrons. The van der Waals surface area contributed by atoms with Crippen LogP contribution in [0.5, 0.6) is 17.2 Å². The van der Waals surface area contributed by atoms with Crippen molar-refractivity contribution in [2.45, 2.75) is 24.7 Å². The fourth-order valence-electron chi connectivity index (χ4n) is 1.62. The molecule has 0 radical (unpaired) electrons. The van der Waals surface area contributed by atoms with Crippen molar-refractivity contribution in [3.8, 4) is 17.2 Å². The second-order valence-corrected chi connectivity index (χ2v) is 4.17. The fourth-order valence-corrected chi connectivity index (χ4v) is 1.62. The van der Waals surface area contributed by atoms with Crippen LogP contribution < -0.4 is 15.2 Å². The average Bonchev–Trinajstić information content (AvgIpc) is 2.37. The van der Waals surface area contributed by atoms with Gasteiger partial charge in [-0.3, -0.25) is 0 Å². The summed E-state index contributed by atoms with van der Waals surface area (Å²) in [6, 6.07) is 0.306. The zero-order valence-corrected chi connectivity index (χ0v) is 10.9. The van der Waals surface area contributed by atoms with E-state index in [2.05, 4.69) is 0 Å². The number of alkyl halides is 3. The molecule has 0 aromatic heterocycles. The lowest BCUT2D eigenvalue weighted by Gasteiger charge is -2.20. The number of hydrogen-bond donors (Lipinski definition) is 3. The topological polar surface area (TPSA) is 84.9 Å². The third-order valence-corrected chi connectivity index (χ3v) is 2.78. The number of aromatic hydroxyl groups is 1. The summed E-state index contributed by atoms with van der Waals surface area (Å²) >= 11 is 0. The maximum absolute atomic E-state index is 12.4. The van der Waals surface area contributed by atoms with Gasteiger partial charge in [-0.1, -0.05) is 0 Å². The van der Waals surface area contributed by atoms with Gasteiger partial charge in [-0.05, 0) is 17.7 Å². The molecule has 2 atom stereocenters. The van der Waals surface area contributed by atoms with Crippen LogP contribution in [0.3, 0.4) is 0 Å². The third-order valence-electron chi connectivity index (χ3n) is 2.78. The molecular weight excluding hydrogens is 279 g/mol. The Balaban J connectivity index is 3.01. The standard InChI is InChI=1S/C12H16F3NO4/c1-19-8-3-6(4-9(20-2)11(8)18)7(17)5-10(16)12(13,14)15/h3-4,7,10,17-18H,5,16H2,1-2H3/t7-,10-/m0/s1. The molecule has 0 heterocycles. The number of halogens is 3. The summed E-state index contributed by atoms with van der Waals surface area (Å²) in [7, 11) is 2.54. The molecule has 0 amide bonds. The summed E-state index contributed by atoms with van der Waals surface area (Å²) < 4.78 is 46.8. The van der Waals surface area contributed by atoms with Crippen molar-refractivity contribution < 1.29 is 32.9 Å². The average molecular weight is 295 g/mol. The minimum Gasteiger partial charge on any atom is -0.502 e. The van der Waals surface area contributed by atoms with Gasteiger partial charge in [-0.25, -0.2) is 0 Å². The van der Waals surface area contributed by atoms with E-state index < -0.39 is 24.7 Å². The third kappa shape index (κ3) is 3.67. The summed E-state index contributed by atoms with van der Waals surface area (Å²) in [4.78, 5) is 0. The predicted octanol–water partition coefficient (Wildman–Crippen LogP) is 1.72. The molecule has 20 heavy (non-hydrogen) atoms. The number of hydrogen-bond acceptors (Lipinski definition) is 5. The summed E-state index contributed by atoms with van der Waals surface area (Å²) in [5.74, 6) is -0.330. The van der Waals surface area contributed by atoms with Crippen molar-refractivity contribution in [1.29, 1.82) is 0 Å². The highest BCUT2D eigenvalue weighted by atomic mass is 19.4. The Kier molecular flexibility index (Phi) is 5.07. The molecule has 1 aromatic rings. The molecule has 0 saturated heterocycles. The predicted molar refractivity (Wildman–Crippen MR) is 64.8 cm³/mol. The van der Waals surface area contributed by atoms with Crippen LogP contribution in [0, 0.1) is 0 Å². The zero-order valence-electron chi connectivity index (χ0n) is 10.9. The van der Waals surface area contributed by atoms with Crippen molar-refractivity contribution in [3.63, 3.8) is 0 Å². The molecule has 0 unspecified atom stereocenters. The summed E-state index contributed by atoms with van der Waals surface area (Å²) in [5.41, 5.74) is 5.07. The molecule has 1 aromatic carbocycles. The Hall–Kier alpha value is -1.67. The molecule has 0 aliphatic carbocycles. The van der Waals surface area contributed by atoms with Gasteiger partial charge in [0.15, 0.2) is 11.5 Å². The molecule has 0 spiro atoms. The lowest BCUT2D eigenvalue weighted by molar-refractivity contribution is -0.153. The highest BCUT2D eigenvalue weighted by Crippen LogP contribution is 2.39. The second kappa shape index (κ2) is 6.19. The number of rotatable bonds is 5. The molecule has 4 N–H and O–H groups in total. The first-order valence-electron chi connectivity index (χ1n) is 5.66. The summed E-state index contributed by atoms with van der Waals surface area (Å²) in [6.07, 6.45) is -6.76. The van der Waals surface area contributed by atoms with Gasteiger partial charge in [-0.2, -0.15) is 13.2 Å². The van der Waals surface area contributed by atoms with Crippen molar-refractivity contribution in [2.75, 3.05) is 14.2 Å². The highest BCUT2D eigenvalue weighted by molar-refractivity contribution is 5.53. The van der Waals surface area contributed by atoms with Crippen molar-refractivity contribution in [2.24, 2.45) is 5.73 Å². The molecule has 0 aliphatic heterocycles. The number of nitrogens with two attached hydrogens (primary N) is 1. The lowest BCUT2D eigenvalue weighted by atomic mass is 10.0. The van der Waals surface area contributed by atoms with Crippen molar-refractivity contribution >= 4 is 0 Å². The van der Waals surface area contributed by atoms with Crippen LogP contribution >= 0.6 is 0 Å². The fraction of sp³-hybridized carbons (Fsp3) is 0.500. The maximum Gasteiger partial charge on any atom is 0.403 e. The molecule has 0 bridgehead atoms. The monoisotopic (exact) mass is 295 g/mol. The molecule has 0 fully saturated rings. The van der Waals surface area contributed by atoms with Crippen LogP contribution in [-0.2, 0) is 0 Å². The van der Waals surface area contributed by atoms with E-state index >= 15 is 0 Å². The van der Waals surface area contributed by atoms with Crippen LogP contribution in [0.2, 0.25) is 0 Å². The lowest BCUT2D eigenvalue weighted by Crippen LogP contribution is -2.38. The minimum absolute atomic E-state index is 0.0148. The van der Waals surface area contributed by atoms with Crippen LogP contribution in [0.15, 0.2) is 12.1 Å². The van der Waals surface area contributed by atoms with Crippen LogP contribution in [0.1, 0.15) is 18.1 Å². The number of aliphatic hydroxyl groups is 1. The Morgan fingerprint density at radius 3 is 2.00 bits per heavy atom. The highest BCUT2D eigenvalue weighted by Gasteiger charge is 2.38. The van der Waals surface area contributed by atoms with E-state index in [0.717, 1.165) is 0 Å². The van der Waals surface area contributed by atoms with Gasteiger partial charge < -0.3 is 25.4 Å². The molecule has 5 nitrogen and oxygen atoms in total. The molecule has 0 saturated carbocycles. The first-order chi connectivity index (χ1) is 9.20. The Morgan fingerprint density at radius 1 is 1.20 bits per heavy atom. The summed E-state index contributed by atoms with van der Waals surface area (Å²) in [6.45, 7) is 0. The molecule has 0 aliphatic rings. The largest absolute Gasteiger partial charge is 0.502 e. The minimum atomic E-state index is -4.59. The van der Waals surface area contributed by atoms with Gasteiger partial charge in [0.2, 0.25) is 5.75 Å². The Morgan fingerprint density at radius 2 is 1.65 bits per heavy atom. The zero-order chi connectivity index (χ0) is 15.5. The van der Waals surface area contributed by atoms with Crippen LogP contribution in [0.4, 0.5) is 13.2 Å². The molecular formula is C12H16F3NO4. The maximum atomic E-state index is 12.4. The van der Waals surface area contributed by atoms with E-state index in [-0.39, 0.29) is 22.8 Å². The number of phenolic OH excluding ortho intramolecular Hbond substituents is 1.